The Morgan fingerprint density at radius 2 is 2.08 bits per heavy atom. The minimum absolute atomic E-state index is 0.0150. The van der Waals surface area contributed by atoms with Crippen LogP contribution in [-0.4, -0.2) is 82.4 Å². The van der Waals surface area contributed by atoms with Crippen molar-refractivity contribution in [3.8, 4) is 21.8 Å². The molecule has 2 fully saturated rings. The quantitative estimate of drug-likeness (QED) is 0.401. The molecule has 0 bridgehead atoms. The fourth-order valence-corrected chi connectivity index (χ4v) is 5.82. The average molecular weight is 518 g/mol. The van der Waals surface area contributed by atoms with Crippen molar-refractivity contribution in [2.45, 2.75) is 38.0 Å². The normalized spacial score (nSPS) is 19.9. The topological polar surface area (TPSA) is 87.9 Å². The largest absolute Gasteiger partial charge is 0.378 e. The molecule has 10 heteroatoms. The Morgan fingerprint density at radius 3 is 2.81 bits per heavy atom. The van der Waals surface area contributed by atoms with Crippen molar-refractivity contribution in [1.82, 2.24) is 29.8 Å². The number of thiophene rings is 1. The predicted octanol–water partition coefficient (Wildman–Crippen LogP) is 3.57. The molecular weight excluding hydrogens is 486 g/mol. The van der Waals surface area contributed by atoms with Gasteiger partial charge in [-0.15, -0.1) is 11.3 Å². The number of ether oxygens (including phenoxy) is 1. The number of hydrogen-bond acceptors (Lipinski definition) is 8. The third kappa shape index (κ3) is 4.72. The molecule has 4 aromatic rings. The van der Waals surface area contributed by atoms with Crippen molar-refractivity contribution in [3.05, 3.63) is 53.7 Å². The summed E-state index contributed by atoms with van der Waals surface area (Å²) in [6.07, 6.45) is 6.09. The minimum atomic E-state index is -0.0150. The summed E-state index contributed by atoms with van der Waals surface area (Å²) in [5, 5.41) is 10.1. The molecule has 0 aromatic carbocycles. The Hall–Kier alpha value is -3.34. The Balaban J connectivity index is 1.36. The van der Waals surface area contributed by atoms with Crippen LogP contribution in [0.25, 0.3) is 27.5 Å². The van der Waals surface area contributed by atoms with Gasteiger partial charge >= 0.3 is 0 Å². The van der Waals surface area contributed by atoms with Crippen molar-refractivity contribution in [2.75, 3.05) is 38.7 Å². The molecule has 2 aliphatic rings. The fraction of sp³-hybridized carbons (Fsp3) is 0.407. The Kier molecular flexibility index (Phi) is 6.39. The number of pyridine rings is 1. The Morgan fingerprint density at radius 1 is 1.22 bits per heavy atom. The van der Waals surface area contributed by atoms with E-state index in [2.05, 4.69) is 28.3 Å². The molecule has 9 nitrogen and oxygen atoms in total. The summed E-state index contributed by atoms with van der Waals surface area (Å²) >= 11 is 1.65. The summed E-state index contributed by atoms with van der Waals surface area (Å²) in [5.41, 5.74) is 3.70. The van der Waals surface area contributed by atoms with Crippen molar-refractivity contribution in [2.24, 2.45) is 0 Å². The van der Waals surface area contributed by atoms with E-state index in [4.69, 9.17) is 14.7 Å². The zero-order chi connectivity index (χ0) is 25.5. The van der Waals surface area contributed by atoms with Gasteiger partial charge in [-0.3, -0.25) is 4.79 Å². The van der Waals surface area contributed by atoms with Crippen LogP contribution in [0.2, 0.25) is 0 Å². The summed E-state index contributed by atoms with van der Waals surface area (Å²) in [7, 11) is 3.60. The molecule has 0 radical (unpaired) electrons. The molecule has 2 aliphatic heterocycles. The van der Waals surface area contributed by atoms with E-state index in [1.165, 1.54) is 0 Å². The molecule has 1 amide bonds. The van der Waals surface area contributed by atoms with Crippen molar-refractivity contribution in [1.29, 1.82) is 0 Å². The number of aromatic nitrogens is 4. The van der Waals surface area contributed by atoms with Gasteiger partial charge in [0.2, 0.25) is 0 Å². The first-order chi connectivity index (χ1) is 18.0. The standard InChI is InChI=1S/C27H31N7O2S/c1-17-6-7-19(29-17)14-32(2)27(35)18-11-23(30-25(12-18)33-15-20(16-33)36-3)21-13-28-34-9-8-22(31-26(21)34)24-5-4-10-37-24/h4-5,8-13,17,19-20,29H,6-7,14-16H2,1-3H3. The van der Waals surface area contributed by atoms with E-state index in [1.54, 1.807) is 29.2 Å². The van der Waals surface area contributed by atoms with E-state index in [0.29, 0.717) is 35.5 Å². The molecule has 2 unspecified atom stereocenters. The molecule has 4 aromatic heterocycles. The van der Waals surface area contributed by atoms with Crippen LogP contribution in [0.1, 0.15) is 30.1 Å². The van der Waals surface area contributed by atoms with Crippen LogP contribution in [-0.2, 0) is 4.74 Å². The number of nitrogens with one attached hydrogen (secondary N) is 1. The van der Waals surface area contributed by atoms with E-state index in [9.17, 15) is 4.79 Å². The van der Waals surface area contributed by atoms with Gasteiger partial charge in [0, 0.05) is 57.6 Å². The molecule has 192 valence electrons. The van der Waals surface area contributed by atoms with Crippen molar-refractivity contribution >= 4 is 28.7 Å². The number of carbonyl (C=O) groups excluding carboxylic acids is 1. The minimum Gasteiger partial charge on any atom is -0.378 e. The van der Waals surface area contributed by atoms with Gasteiger partial charge in [-0.05, 0) is 49.4 Å². The number of carbonyl (C=O) groups is 1. The van der Waals surface area contributed by atoms with E-state index in [0.717, 1.165) is 47.9 Å². The van der Waals surface area contributed by atoms with E-state index in [1.807, 2.05) is 47.8 Å². The number of likely N-dealkylation sites (N-methyl/N-ethyl adjacent to an activating group) is 1. The molecule has 2 saturated heterocycles. The van der Waals surface area contributed by atoms with Crippen LogP contribution in [0.15, 0.2) is 48.1 Å². The first-order valence-electron chi connectivity index (χ1n) is 12.7. The lowest BCUT2D eigenvalue weighted by Crippen LogP contribution is -2.52. The number of nitrogens with zero attached hydrogens (tertiary/aromatic N) is 6. The molecular formula is C27H31N7O2S. The number of fused-ring (bicyclic) bond motifs is 1. The number of rotatable bonds is 7. The molecule has 6 heterocycles. The first kappa shape index (κ1) is 24.0. The molecule has 0 aliphatic carbocycles. The van der Waals surface area contributed by atoms with Gasteiger partial charge in [0.15, 0.2) is 5.65 Å². The van der Waals surface area contributed by atoms with Crippen LogP contribution in [0.3, 0.4) is 0 Å². The summed E-state index contributed by atoms with van der Waals surface area (Å²) in [4.78, 5) is 28.5. The van der Waals surface area contributed by atoms with Gasteiger partial charge in [-0.2, -0.15) is 5.10 Å². The fourth-order valence-electron chi connectivity index (χ4n) is 5.12. The third-order valence-electron chi connectivity index (χ3n) is 7.29. The van der Waals surface area contributed by atoms with Crippen LogP contribution in [0.5, 0.6) is 0 Å². The molecule has 1 N–H and O–H groups in total. The van der Waals surface area contributed by atoms with Crippen LogP contribution < -0.4 is 10.2 Å². The molecule has 2 atom stereocenters. The van der Waals surface area contributed by atoms with Gasteiger partial charge in [0.1, 0.15) is 5.82 Å². The maximum atomic E-state index is 13.6. The second-order valence-corrected chi connectivity index (χ2v) is 11.0. The van der Waals surface area contributed by atoms with Crippen LogP contribution >= 0.6 is 11.3 Å². The summed E-state index contributed by atoms with van der Waals surface area (Å²) in [5.74, 6) is 0.753. The zero-order valence-corrected chi connectivity index (χ0v) is 22.1. The lowest BCUT2D eigenvalue weighted by Gasteiger charge is -2.39. The smallest absolute Gasteiger partial charge is 0.253 e. The summed E-state index contributed by atoms with van der Waals surface area (Å²) in [6, 6.07) is 10.6. The second kappa shape index (κ2) is 9.85. The number of anilines is 1. The maximum absolute atomic E-state index is 13.6. The van der Waals surface area contributed by atoms with E-state index in [-0.39, 0.29) is 12.0 Å². The molecule has 0 saturated carbocycles. The van der Waals surface area contributed by atoms with Crippen LogP contribution in [0.4, 0.5) is 5.82 Å². The maximum Gasteiger partial charge on any atom is 0.253 e. The Bertz CT molecular complexity index is 1410. The highest BCUT2D eigenvalue weighted by atomic mass is 32.1. The molecule has 37 heavy (non-hydrogen) atoms. The van der Waals surface area contributed by atoms with E-state index >= 15 is 0 Å². The number of hydrogen-bond donors (Lipinski definition) is 1. The van der Waals surface area contributed by atoms with Gasteiger partial charge in [-0.25, -0.2) is 14.5 Å². The van der Waals surface area contributed by atoms with Crippen LogP contribution in [0, 0.1) is 0 Å². The first-order valence-corrected chi connectivity index (χ1v) is 13.6. The van der Waals surface area contributed by atoms with Gasteiger partial charge in [0.05, 0.1) is 34.1 Å². The average Bonchev–Trinajstić information content (AvgIpc) is 3.63. The highest BCUT2D eigenvalue weighted by Gasteiger charge is 2.30. The van der Waals surface area contributed by atoms with Gasteiger partial charge in [0.25, 0.3) is 5.91 Å². The Labute approximate surface area is 220 Å². The SMILES string of the molecule is COC1CN(c2cc(C(=O)N(C)CC3CCC(C)N3)cc(-c3cnn4ccc(-c5cccs5)nc34)n2)C1. The summed E-state index contributed by atoms with van der Waals surface area (Å²) < 4.78 is 7.23. The van der Waals surface area contributed by atoms with E-state index < -0.39 is 0 Å². The second-order valence-electron chi connectivity index (χ2n) is 10.0. The van der Waals surface area contributed by atoms with Crippen molar-refractivity contribution in [3.63, 3.8) is 0 Å². The highest BCUT2D eigenvalue weighted by Crippen LogP contribution is 2.30. The molecule has 6 rings (SSSR count). The predicted molar refractivity (Wildman–Crippen MR) is 145 cm³/mol. The monoisotopic (exact) mass is 517 g/mol. The number of methoxy groups -OCH3 is 1. The summed E-state index contributed by atoms with van der Waals surface area (Å²) in [6.45, 7) is 4.36. The van der Waals surface area contributed by atoms with Gasteiger partial charge < -0.3 is 19.9 Å². The zero-order valence-electron chi connectivity index (χ0n) is 21.3. The third-order valence-corrected chi connectivity index (χ3v) is 8.18. The van der Waals surface area contributed by atoms with Gasteiger partial charge in [-0.1, -0.05) is 6.07 Å². The number of amides is 1. The lowest BCUT2D eigenvalue weighted by atomic mass is 10.1. The van der Waals surface area contributed by atoms with Crippen molar-refractivity contribution < 1.29 is 9.53 Å². The highest BCUT2D eigenvalue weighted by molar-refractivity contribution is 7.13. The molecule has 0 spiro atoms. The lowest BCUT2D eigenvalue weighted by molar-refractivity contribution is 0.0777.